The van der Waals surface area contributed by atoms with E-state index in [1.165, 1.54) is 0 Å². The van der Waals surface area contributed by atoms with E-state index in [4.69, 9.17) is 16.6 Å². The zero-order chi connectivity index (χ0) is 27.5. The first-order valence-electron chi connectivity index (χ1n) is 12.6. The van der Waals surface area contributed by atoms with E-state index >= 15 is 0 Å². The van der Waals surface area contributed by atoms with Crippen LogP contribution in [0.25, 0.3) is 11.3 Å². The molecular formula is C30H28N4O4S. The fourth-order valence-electron chi connectivity index (χ4n) is 4.85. The van der Waals surface area contributed by atoms with E-state index in [0.29, 0.717) is 23.2 Å². The normalized spacial score (nSPS) is 16.7. The van der Waals surface area contributed by atoms with Crippen LogP contribution in [0.4, 0.5) is 5.69 Å². The monoisotopic (exact) mass is 540 g/mol. The Kier molecular flexibility index (Phi) is 7.42. The largest absolute Gasteiger partial charge is 0.478 e. The summed E-state index contributed by atoms with van der Waals surface area (Å²) in [6, 6.07) is 21.5. The minimum atomic E-state index is -0.976. The lowest BCUT2D eigenvalue weighted by Crippen LogP contribution is -2.32. The Bertz CT molecular complexity index is 1530. The van der Waals surface area contributed by atoms with Crippen LogP contribution >= 0.6 is 12.2 Å². The van der Waals surface area contributed by atoms with Gasteiger partial charge in [0, 0.05) is 30.4 Å². The van der Waals surface area contributed by atoms with Crippen LogP contribution in [0, 0.1) is 13.8 Å². The molecule has 2 aromatic heterocycles. The lowest BCUT2D eigenvalue weighted by Gasteiger charge is -2.26. The van der Waals surface area contributed by atoms with Gasteiger partial charge in [0.05, 0.1) is 17.3 Å². The number of nitrogens with one attached hydrogen (secondary N) is 2. The Morgan fingerprint density at radius 1 is 1.08 bits per heavy atom. The average molecular weight is 541 g/mol. The van der Waals surface area contributed by atoms with Crippen molar-refractivity contribution in [3.63, 3.8) is 0 Å². The summed E-state index contributed by atoms with van der Waals surface area (Å²) in [5.74, 6) is 0.191. The molecule has 1 saturated heterocycles. The summed E-state index contributed by atoms with van der Waals surface area (Å²) < 4.78 is 6.36. The highest BCUT2D eigenvalue weighted by Crippen LogP contribution is 2.41. The van der Waals surface area contributed by atoms with E-state index in [9.17, 15) is 14.7 Å². The van der Waals surface area contributed by atoms with Gasteiger partial charge in [-0.2, -0.15) is 0 Å². The Morgan fingerprint density at radius 3 is 2.64 bits per heavy atom. The Labute approximate surface area is 231 Å². The summed E-state index contributed by atoms with van der Waals surface area (Å²) in [4.78, 5) is 30.7. The Morgan fingerprint density at radius 2 is 1.92 bits per heavy atom. The topological polar surface area (TPSA) is 108 Å². The summed E-state index contributed by atoms with van der Waals surface area (Å²) in [5, 5.41) is 16.1. The van der Waals surface area contributed by atoms with E-state index in [0.717, 1.165) is 28.1 Å². The first-order valence-corrected chi connectivity index (χ1v) is 13.0. The van der Waals surface area contributed by atoms with Crippen LogP contribution in [0.3, 0.4) is 0 Å². The number of thiocarbonyl (C=S) groups is 1. The number of hydrogen-bond donors (Lipinski definition) is 3. The quantitative estimate of drug-likeness (QED) is 0.246. The van der Waals surface area contributed by atoms with Crippen molar-refractivity contribution in [2.75, 3.05) is 11.9 Å². The number of nitrogens with zero attached hydrogens (tertiary/aromatic N) is 2. The number of rotatable bonds is 8. The Hall–Kier alpha value is -4.50. The van der Waals surface area contributed by atoms with Crippen molar-refractivity contribution in [1.29, 1.82) is 0 Å². The zero-order valence-corrected chi connectivity index (χ0v) is 22.4. The van der Waals surface area contributed by atoms with Crippen molar-refractivity contribution >= 4 is 34.9 Å². The smallest absolute Gasteiger partial charge is 0.335 e. The highest BCUT2D eigenvalue weighted by atomic mass is 32.1. The number of benzene rings is 2. The lowest BCUT2D eigenvalue weighted by molar-refractivity contribution is -0.116. The molecule has 0 spiro atoms. The summed E-state index contributed by atoms with van der Waals surface area (Å²) >= 11 is 5.71. The van der Waals surface area contributed by atoms with Gasteiger partial charge in [-0.05, 0) is 85.7 Å². The fraction of sp³-hybridized carbons (Fsp3) is 0.200. The van der Waals surface area contributed by atoms with E-state index in [1.807, 2.05) is 73.3 Å². The molecule has 2 unspecified atom stereocenters. The van der Waals surface area contributed by atoms with Crippen molar-refractivity contribution in [2.45, 2.75) is 32.4 Å². The van der Waals surface area contributed by atoms with Gasteiger partial charge in [-0.25, -0.2) is 4.79 Å². The molecule has 1 fully saturated rings. The molecule has 3 N–H and O–H groups in total. The summed E-state index contributed by atoms with van der Waals surface area (Å²) in [5.41, 5.74) is 4.44. The maximum atomic E-state index is 12.8. The number of pyridine rings is 1. The van der Waals surface area contributed by atoms with Gasteiger partial charge in [-0.3, -0.25) is 9.78 Å². The van der Waals surface area contributed by atoms with Gasteiger partial charge in [0.2, 0.25) is 5.91 Å². The van der Waals surface area contributed by atoms with Gasteiger partial charge in [0.15, 0.2) is 5.11 Å². The predicted molar refractivity (Wildman–Crippen MR) is 152 cm³/mol. The number of carboxylic acids is 1. The van der Waals surface area contributed by atoms with Crippen LogP contribution in [0.1, 0.15) is 51.4 Å². The molecule has 2 aromatic carbocycles. The number of carboxylic acid groups (broad SMARTS) is 1. The standard InChI is InChI=1S/C30H28N4O4S/c1-18-6-5-7-21(16-18)32-26(35)13-15-34-28(27(33-30(34)39)23-8-3-4-14-31-23)25-12-11-24(38-25)22-10-9-20(29(36)37)17-19(22)2/h3-12,14,16-17,27-28H,13,15H2,1-2H3,(H,32,35)(H,33,39)(H,36,37). The second kappa shape index (κ2) is 11.1. The van der Waals surface area contributed by atoms with Gasteiger partial charge < -0.3 is 25.1 Å². The van der Waals surface area contributed by atoms with Crippen LogP contribution in [-0.2, 0) is 4.79 Å². The third-order valence-electron chi connectivity index (χ3n) is 6.74. The molecule has 0 bridgehead atoms. The maximum Gasteiger partial charge on any atom is 0.335 e. The lowest BCUT2D eigenvalue weighted by atomic mass is 10.0. The second-order valence-corrected chi connectivity index (χ2v) is 9.91. The first kappa shape index (κ1) is 26.1. The van der Waals surface area contributed by atoms with Crippen molar-refractivity contribution in [1.82, 2.24) is 15.2 Å². The van der Waals surface area contributed by atoms with Crippen LogP contribution < -0.4 is 10.6 Å². The molecule has 8 nitrogen and oxygen atoms in total. The van der Waals surface area contributed by atoms with Gasteiger partial charge in [0.1, 0.15) is 17.6 Å². The van der Waals surface area contributed by atoms with Crippen LogP contribution in [-0.4, -0.2) is 38.5 Å². The van der Waals surface area contributed by atoms with E-state index in [2.05, 4.69) is 15.6 Å². The number of amides is 1. The minimum Gasteiger partial charge on any atom is -0.478 e. The molecule has 39 heavy (non-hydrogen) atoms. The highest BCUT2D eigenvalue weighted by molar-refractivity contribution is 7.80. The average Bonchev–Trinajstić information content (AvgIpc) is 3.52. The van der Waals surface area contributed by atoms with Crippen molar-refractivity contribution in [2.24, 2.45) is 0 Å². The number of carbonyl (C=O) groups is 2. The maximum absolute atomic E-state index is 12.8. The second-order valence-electron chi connectivity index (χ2n) is 9.52. The predicted octanol–water partition coefficient (Wildman–Crippen LogP) is 5.66. The summed E-state index contributed by atoms with van der Waals surface area (Å²) in [7, 11) is 0. The van der Waals surface area contributed by atoms with Crippen LogP contribution in [0.15, 0.2) is 83.4 Å². The van der Waals surface area contributed by atoms with Crippen molar-refractivity contribution in [3.05, 3.63) is 107 Å². The number of hydrogen-bond acceptors (Lipinski definition) is 5. The molecule has 1 aliphatic rings. The number of aromatic nitrogens is 1. The molecule has 1 aliphatic heterocycles. The number of anilines is 1. The van der Waals surface area contributed by atoms with E-state index < -0.39 is 5.97 Å². The third-order valence-corrected chi connectivity index (χ3v) is 7.09. The van der Waals surface area contributed by atoms with Crippen molar-refractivity contribution in [3.8, 4) is 11.3 Å². The van der Waals surface area contributed by atoms with Crippen LogP contribution in [0.2, 0.25) is 0 Å². The van der Waals surface area contributed by atoms with Gasteiger partial charge >= 0.3 is 5.97 Å². The van der Waals surface area contributed by atoms with Crippen molar-refractivity contribution < 1.29 is 19.1 Å². The third kappa shape index (κ3) is 5.68. The molecule has 0 aliphatic carbocycles. The number of furan rings is 1. The van der Waals surface area contributed by atoms with E-state index in [-0.39, 0.29) is 30.0 Å². The molecule has 4 aromatic rings. The number of carbonyl (C=O) groups excluding carboxylic acids is 1. The highest BCUT2D eigenvalue weighted by Gasteiger charge is 2.41. The summed E-state index contributed by atoms with van der Waals surface area (Å²) in [6.45, 7) is 4.21. The van der Waals surface area contributed by atoms with Gasteiger partial charge in [-0.1, -0.05) is 24.3 Å². The molecule has 9 heteroatoms. The molecule has 1 amide bonds. The SMILES string of the molecule is Cc1cccc(NC(=O)CCN2C(=S)NC(c3ccccn3)C2c2ccc(-c3ccc(C(=O)O)cc3C)o2)c1. The molecule has 0 saturated carbocycles. The molecular weight excluding hydrogens is 512 g/mol. The Balaban J connectivity index is 1.41. The summed E-state index contributed by atoms with van der Waals surface area (Å²) in [6.07, 6.45) is 1.96. The minimum absolute atomic E-state index is 0.113. The molecule has 3 heterocycles. The van der Waals surface area contributed by atoms with Crippen LogP contribution in [0.5, 0.6) is 0 Å². The zero-order valence-electron chi connectivity index (χ0n) is 21.5. The fourth-order valence-corrected chi connectivity index (χ4v) is 5.19. The molecule has 2 atom stereocenters. The molecule has 5 rings (SSSR count). The van der Waals surface area contributed by atoms with Gasteiger partial charge in [0.25, 0.3) is 0 Å². The molecule has 0 radical (unpaired) electrons. The number of aryl methyl sites for hydroxylation is 2. The molecule has 198 valence electrons. The number of aromatic carboxylic acids is 1. The van der Waals surface area contributed by atoms with Gasteiger partial charge in [-0.15, -0.1) is 0 Å². The van der Waals surface area contributed by atoms with E-state index in [1.54, 1.807) is 24.4 Å². The first-order chi connectivity index (χ1) is 18.8.